The maximum atomic E-state index is 13.5. The van der Waals surface area contributed by atoms with Crippen molar-refractivity contribution in [3.63, 3.8) is 0 Å². The van der Waals surface area contributed by atoms with Crippen molar-refractivity contribution in [3.8, 4) is 11.4 Å². The lowest BCUT2D eigenvalue weighted by molar-refractivity contribution is -0.385. The number of aromatic nitrogens is 1. The molecular weight excluding hydrogens is 552 g/mol. The summed E-state index contributed by atoms with van der Waals surface area (Å²) in [4.78, 5) is 26.0. The summed E-state index contributed by atoms with van der Waals surface area (Å²) in [5, 5.41) is 13.9. The van der Waals surface area contributed by atoms with Crippen molar-refractivity contribution in [1.82, 2.24) is 4.57 Å². The van der Waals surface area contributed by atoms with Crippen LogP contribution < -0.4 is 9.61 Å². The molecule has 2 aliphatic carbocycles. The summed E-state index contributed by atoms with van der Waals surface area (Å²) >= 11 is 9.51. The minimum atomic E-state index is -0.351. The fourth-order valence-corrected chi connectivity index (χ4v) is 10.2. The van der Waals surface area contributed by atoms with Crippen LogP contribution in [-0.4, -0.2) is 14.7 Å². The molecule has 5 atom stereocenters. The van der Waals surface area contributed by atoms with Gasteiger partial charge in [0.15, 0.2) is 0 Å². The van der Waals surface area contributed by atoms with Crippen molar-refractivity contribution in [2.24, 2.45) is 17.8 Å². The average molecular weight is 577 g/mol. The first-order valence-electron chi connectivity index (χ1n) is 13.1. The van der Waals surface area contributed by atoms with E-state index in [9.17, 15) is 14.9 Å². The van der Waals surface area contributed by atoms with E-state index in [2.05, 4.69) is 0 Å². The number of non-ortho nitro benzene ring substituents is 1. The molecule has 2 saturated carbocycles. The third-order valence-electron chi connectivity index (χ3n) is 8.51. The van der Waals surface area contributed by atoms with Gasteiger partial charge in [-0.3, -0.25) is 19.5 Å². The number of benzene rings is 3. The van der Waals surface area contributed by atoms with Gasteiger partial charge in [0.25, 0.3) is 5.69 Å². The lowest BCUT2D eigenvalue weighted by Crippen LogP contribution is -2.34. The Morgan fingerprint density at radius 1 is 1.03 bits per heavy atom. The molecule has 1 aromatic heterocycles. The molecule has 2 fully saturated rings. The van der Waals surface area contributed by atoms with Gasteiger partial charge < -0.3 is 4.74 Å². The number of fused-ring (bicyclic) bond motifs is 6. The van der Waals surface area contributed by atoms with Crippen LogP contribution in [0.15, 0.2) is 82.6 Å². The molecule has 0 amide bonds. The molecule has 0 N–H and O–H groups in total. The Labute approximate surface area is 238 Å². The quantitative estimate of drug-likeness (QED) is 0.174. The predicted octanol–water partition coefficient (Wildman–Crippen LogP) is 7.69. The van der Waals surface area contributed by atoms with Crippen LogP contribution in [0.1, 0.15) is 41.2 Å². The highest BCUT2D eigenvalue weighted by Crippen LogP contribution is 2.65. The van der Waals surface area contributed by atoms with Gasteiger partial charge in [-0.1, -0.05) is 59.3 Å². The number of hydrogen-bond acceptors (Lipinski definition) is 6. The van der Waals surface area contributed by atoms with Crippen molar-refractivity contribution in [3.05, 3.63) is 114 Å². The summed E-state index contributed by atoms with van der Waals surface area (Å²) in [5.74, 6) is 1.88. The fourth-order valence-electron chi connectivity index (χ4n) is 6.85. The molecule has 39 heavy (non-hydrogen) atoms. The van der Waals surface area contributed by atoms with Crippen LogP contribution in [0.3, 0.4) is 0 Å². The molecule has 6 nitrogen and oxygen atoms in total. The van der Waals surface area contributed by atoms with Crippen LogP contribution in [0.5, 0.6) is 5.75 Å². The van der Waals surface area contributed by atoms with E-state index in [1.165, 1.54) is 30.2 Å². The van der Waals surface area contributed by atoms with Gasteiger partial charge in [-0.25, -0.2) is 0 Å². The second-order valence-electron chi connectivity index (χ2n) is 10.5. The van der Waals surface area contributed by atoms with Gasteiger partial charge in [-0.05, 0) is 61.3 Å². The van der Waals surface area contributed by atoms with E-state index < -0.39 is 0 Å². The normalized spacial score (nSPS) is 24.8. The maximum absolute atomic E-state index is 13.5. The first-order chi connectivity index (χ1) is 19.0. The van der Waals surface area contributed by atoms with E-state index in [1.807, 2.05) is 70.9 Å². The van der Waals surface area contributed by atoms with Crippen LogP contribution in [0.25, 0.3) is 5.69 Å². The van der Waals surface area contributed by atoms with Gasteiger partial charge in [0.1, 0.15) is 12.4 Å². The summed E-state index contributed by atoms with van der Waals surface area (Å²) in [6.07, 6.45) is 3.54. The molecular formula is C30H25ClN2O4S2. The van der Waals surface area contributed by atoms with Crippen molar-refractivity contribution < 1.29 is 9.66 Å². The van der Waals surface area contributed by atoms with Gasteiger partial charge in [-0.2, -0.15) is 0 Å². The number of nitro groups is 1. The van der Waals surface area contributed by atoms with Crippen molar-refractivity contribution in [1.29, 1.82) is 0 Å². The molecule has 9 heteroatoms. The van der Waals surface area contributed by atoms with E-state index in [0.717, 1.165) is 33.1 Å². The topological polar surface area (TPSA) is 74.4 Å². The molecule has 2 heterocycles. The monoisotopic (exact) mass is 576 g/mol. The second kappa shape index (κ2) is 9.84. The number of thioether (sulfide) groups is 1. The fraction of sp³-hybridized carbons (Fsp3) is 0.300. The van der Waals surface area contributed by atoms with Crippen molar-refractivity contribution >= 4 is 40.4 Å². The molecule has 3 aromatic carbocycles. The molecule has 0 radical (unpaired) electrons. The van der Waals surface area contributed by atoms with E-state index in [4.69, 9.17) is 16.3 Å². The largest absolute Gasteiger partial charge is 0.489 e. The third-order valence-corrected chi connectivity index (χ3v) is 11.6. The zero-order chi connectivity index (χ0) is 26.7. The average Bonchev–Trinajstić information content (AvgIpc) is 3.65. The van der Waals surface area contributed by atoms with Crippen LogP contribution in [0.2, 0.25) is 5.02 Å². The lowest BCUT2D eigenvalue weighted by atomic mass is 9.74. The number of hydrogen-bond donors (Lipinski definition) is 0. The molecule has 0 saturated heterocycles. The Hall–Kier alpha value is -3.07. The second-order valence-corrected chi connectivity index (χ2v) is 13.1. The molecule has 1 aliphatic heterocycles. The molecule has 3 aliphatic rings. The summed E-state index contributed by atoms with van der Waals surface area (Å²) in [6, 6.07) is 22.2. The van der Waals surface area contributed by atoms with Crippen LogP contribution >= 0.6 is 34.7 Å². The minimum absolute atomic E-state index is 0.0278. The van der Waals surface area contributed by atoms with Crippen LogP contribution in [0, 0.1) is 27.9 Å². The van der Waals surface area contributed by atoms with Crippen LogP contribution in [-0.2, 0) is 6.61 Å². The standard InChI is InChI=1S/C30H25ClN2O4S2/c31-23-9-5-4-6-19(23)16-37-24-13-12-21(33(35)36)15-22(24)26-25-17-10-11-18(14-17)27(25)38-29-28(26)39-30(34)32(29)20-7-2-1-3-8-20/h1-9,12-13,15,17-18,25-27H,10-11,14,16H2/t17-,18-,25-,26-,27+/m0/s1. The molecule has 7 rings (SSSR count). The third kappa shape index (κ3) is 4.20. The summed E-state index contributed by atoms with van der Waals surface area (Å²) in [7, 11) is 0. The zero-order valence-corrected chi connectivity index (χ0v) is 23.3. The Kier molecular flexibility index (Phi) is 6.29. The summed E-state index contributed by atoms with van der Waals surface area (Å²) in [5.41, 5.74) is 2.52. The Balaban J connectivity index is 1.39. The number of nitrogens with zero attached hydrogens (tertiary/aromatic N) is 2. The zero-order valence-electron chi connectivity index (χ0n) is 20.9. The first kappa shape index (κ1) is 24.9. The van der Waals surface area contributed by atoms with E-state index in [1.54, 1.807) is 12.1 Å². The van der Waals surface area contributed by atoms with Gasteiger partial charge in [0.2, 0.25) is 0 Å². The molecule has 2 bridgehead atoms. The molecule has 198 valence electrons. The molecule has 0 spiro atoms. The van der Waals surface area contributed by atoms with Gasteiger partial charge >= 0.3 is 4.87 Å². The van der Waals surface area contributed by atoms with E-state index >= 15 is 0 Å². The highest BCUT2D eigenvalue weighted by atomic mass is 35.5. The molecule has 0 unspecified atom stereocenters. The number of rotatable bonds is 6. The number of nitro benzene ring substituents is 1. The Bertz CT molecular complexity index is 1640. The highest BCUT2D eigenvalue weighted by molar-refractivity contribution is 8.00. The lowest BCUT2D eigenvalue weighted by Gasteiger charge is -2.40. The van der Waals surface area contributed by atoms with Gasteiger partial charge in [0.05, 0.1) is 15.6 Å². The molecule has 4 aromatic rings. The number of ether oxygens (including phenoxy) is 1. The van der Waals surface area contributed by atoms with Crippen molar-refractivity contribution in [2.45, 2.75) is 42.1 Å². The SMILES string of the molecule is O=c1sc2c(n1-c1ccccc1)S[C@@H]1[C@H]3CC[C@@H](C3)[C@H]1[C@@H]2c1cc([N+](=O)[O-])ccc1OCc1ccccc1Cl. The maximum Gasteiger partial charge on any atom is 0.312 e. The van der Waals surface area contributed by atoms with E-state index in [0.29, 0.717) is 33.8 Å². The first-order valence-corrected chi connectivity index (χ1v) is 15.2. The Morgan fingerprint density at radius 3 is 2.59 bits per heavy atom. The predicted molar refractivity (Wildman–Crippen MR) is 155 cm³/mol. The summed E-state index contributed by atoms with van der Waals surface area (Å²) in [6.45, 7) is 0.250. The van der Waals surface area contributed by atoms with Crippen LogP contribution in [0.4, 0.5) is 5.69 Å². The van der Waals surface area contributed by atoms with E-state index in [-0.39, 0.29) is 28.0 Å². The van der Waals surface area contributed by atoms with Gasteiger partial charge in [0, 0.05) is 44.3 Å². The number of halogens is 1. The summed E-state index contributed by atoms with van der Waals surface area (Å²) < 4.78 is 8.20. The Morgan fingerprint density at radius 2 is 1.79 bits per heavy atom. The number of thiazole rings is 1. The minimum Gasteiger partial charge on any atom is -0.489 e. The number of para-hydroxylation sites is 1. The van der Waals surface area contributed by atoms with Gasteiger partial charge in [-0.15, -0.1) is 11.8 Å². The smallest absolute Gasteiger partial charge is 0.312 e. The van der Waals surface area contributed by atoms with Crippen molar-refractivity contribution in [2.75, 3.05) is 0 Å². The highest BCUT2D eigenvalue weighted by Gasteiger charge is 2.56.